The van der Waals surface area contributed by atoms with E-state index in [0.717, 1.165) is 19.6 Å². The van der Waals surface area contributed by atoms with Gasteiger partial charge < -0.3 is 24.2 Å². The Hall–Kier alpha value is -3.07. The molecular weight excluding hydrogens is 472 g/mol. The molecule has 0 spiro atoms. The Morgan fingerprint density at radius 2 is 1.86 bits per heavy atom. The van der Waals surface area contributed by atoms with Gasteiger partial charge in [0.25, 0.3) is 11.7 Å². The highest BCUT2D eigenvalue weighted by Gasteiger charge is 2.46. The maximum absolute atomic E-state index is 13.2. The van der Waals surface area contributed by atoms with Crippen LogP contribution in [0.4, 0.5) is 0 Å². The first kappa shape index (κ1) is 25.0. The third kappa shape index (κ3) is 5.29. The summed E-state index contributed by atoms with van der Waals surface area (Å²) in [7, 11) is 3.05. The Kier molecular flexibility index (Phi) is 7.95. The van der Waals surface area contributed by atoms with E-state index in [4.69, 9.17) is 25.8 Å². The molecule has 0 bridgehead atoms. The largest absolute Gasteiger partial charge is 0.507 e. The zero-order valence-electron chi connectivity index (χ0n) is 19.8. The van der Waals surface area contributed by atoms with Crippen LogP contribution in [0.2, 0.25) is 5.02 Å². The molecule has 2 aromatic carbocycles. The van der Waals surface area contributed by atoms with E-state index in [9.17, 15) is 14.7 Å². The average molecular weight is 501 g/mol. The van der Waals surface area contributed by atoms with Crippen molar-refractivity contribution in [3.8, 4) is 11.5 Å². The minimum atomic E-state index is -0.754. The van der Waals surface area contributed by atoms with E-state index in [0.29, 0.717) is 48.8 Å². The first-order valence-corrected chi connectivity index (χ1v) is 11.9. The lowest BCUT2D eigenvalue weighted by Crippen LogP contribution is -2.38. The number of carbonyl (C=O) groups is 2. The highest BCUT2D eigenvalue weighted by molar-refractivity contribution is 6.46. The number of ether oxygens (including phenoxy) is 3. The van der Waals surface area contributed by atoms with Gasteiger partial charge in [-0.2, -0.15) is 0 Å². The van der Waals surface area contributed by atoms with Crippen molar-refractivity contribution in [2.45, 2.75) is 12.5 Å². The van der Waals surface area contributed by atoms with Crippen LogP contribution in [-0.4, -0.2) is 80.2 Å². The van der Waals surface area contributed by atoms with Crippen LogP contribution in [0.3, 0.4) is 0 Å². The number of amides is 1. The Morgan fingerprint density at radius 3 is 2.54 bits per heavy atom. The summed E-state index contributed by atoms with van der Waals surface area (Å²) >= 11 is 6.26. The van der Waals surface area contributed by atoms with Crippen LogP contribution in [0.1, 0.15) is 23.6 Å². The minimum absolute atomic E-state index is 0.0239. The fraction of sp³-hybridized carbons (Fsp3) is 0.385. The van der Waals surface area contributed by atoms with E-state index >= 15 is 0 Å². The third-order valence-electron chi connectivity index (χ3n) is 6.35. The maximum Gasteiger partial charge on any atom is 0.295 e. The number of likely N-dealkylation sites (tertiary alicyclic amines) is 1. The van der Waals surface area contributed by atoms with Gasteiger partial charge in [0, 0.05) is 31.7 Å². The molecule has 2 fully saturated rings. The monoisotopic (exact) mass is 500 g/mol. The molecule has 0 aliphatic carbocycles. The average Bonchev–Trinajstić information content (AvgIpc) is 3.14. The van der Waals surface area contributed by atoms with Crippen molar-refractivity contribution in [2.75, 3.05) is 53.6 Å². The summed E-state index contributed by atoms with van der Waals surface area (Å²) in [6, 6.07) is 11.2. The van der Waals surface area contributed by atoms with Crippen LogP contribution in [0, 0.1) is 0 Å². The van der Waals surface area contributed by atoms with E-state index in [1.54, 1.807) is 37.4 Å². The van der Waals surface area contributed by atoms with Crippen LogP contribution in [0.5, 0.6) is 11.5 Å². The topological polar surface area (TPSA) is 88.5 Å². The molecule has 8 nitrogen and oxygen atoms in total. The van der Waals surface area contributed by atoms with E-state index in [1.807, 2.05) is 6.07 Å². The number of hydrogen-bond acceptors (Lipinski definition) is 7. The van der Waals surface area contributed by atoms with Crippen molar-refractivity contribution in [3.05, 3.63) is 64.2 Å². The number of halogens is 1. The second kappa shape index (κ2) is 11.1. The first-order valence-electron chi connectivity index (χ1n) is 11.5. The molecule has 2 saturated heterocycles. The van der Waals surface area contributed by atoms with Gasteiger partial charge in [0.15, 0.2) is 0 Å². The van der Waals surface area contributed by atoms with Gasteiger partial charge in [-0.15, -0.1) is 0 Å². The highest BCUT2D eigenvalue weighted by Crippen LogP contribution is 2.41. The Labute approximate surface area is 209 Å². The number of benzene rings is 2. The zero-order chi connectivity index (χ0) is 24.9. The molecule has 0 aromatic heterocycles. The fourth-order valence-electron chi connectivity index (χ4n) is 4.53. The maximum atomic E-state index is 13.2. The number of nitrogens with zero attached hydrogens (tertiary/aromatic N) is 2. The number of rotatable bonds is 8. The van der Waals surface area contributed by atoms with Crippen LogP contribution >= 0.6 is 11.6 Å². The smallest absolute Gasteiger partial charge is 0.295 e. The van der Waals surface area contributed by atoms with Crippen molar-refractivity contribution < 1.29 is 28.9 Å². The molecule has 4 rings (SSSR count). The van der Waals surface area contributed by atoms with E-state index in [2.05, 4.69) is 4.90 Å². The molecule has 0 radical (unpaired) electrons. The molecule has 9 heteroatoms. The van der Waals surface area contributed by atoms with Crippen LogP contribution in [-0.2, 0) is 14.3 Å². The molecule has 2 aliphatic heterocycles. The molecule has 0 unspecified atom stereocenters. The predicted octanol–water partition coefficient (Wildman–Crippen LogP) is 3.50. The summed E-state index contributed by atoms with van der Waals surface area (Å²) in [5.74, 6) is -0.615. The van der Waals surface area contributed by atoms with Gasteiger partial charge in [0.2, 0.25) is 0 Å². The number of ketones is 1. The van der Waals surface area contributed by atoms with Gasteiger partial charge in [-0.3, -0.25) is 14.5 Å². The quantitative estimate of drug-likeness (QED) is 0.337. The lowest BCUT2D eigenvalue weighted by Gasteiger charge is -2.29. The van der Waals surface area contributed by atoms with E-state index < -0.39 is 17.7 Å². The van der Waals surface area contributed by atoms with Gasteiger partial charge in [0.05, 0.1) is 44.1 Å². The molecule has 35 heavy (non-hydrogen) atoms. The van der Waals surface area contributed by atoms with Crippen molar-refractivity contribution in [1.82, 2.24) is 9.80 Å². The SMILES string of the molecule is COc1cccc([C@H]2C(=C(O)c3ccc(OC)c(Cl)c3)C(=O)C(=O)N2CCCN2CCOCC2)c1. The predicted molar refractivity (Wildman–Crippen MR) is 132 cm³/mol. The van der Waals surface area contributed by atoms with Crippen LogP contribution < -0.4 is 9.47 Å². The molecular formula is C26H29ClN2O6. The summed E-state index contributed by atoms with van der Waals surface area (Å²) in [5.41, 5.74) is 1.03. The molecule has 2 aromatic rings. The Morgan fingerprint density at radius 1 is 1.09 bits per heavy atom. The van der Waals surface area contributed by atoms with Gasteiger partial charge >= 0.3 is 0 Å². The standard InChI is InChI=1S/C26H29ClN2O6/c1-33-19-6-3-5-17(15-19)23-22(24(30)18-7-8-21(34-2)20(27)16-18)25(31)26(32)29(23)10-4-9-28-11-13-35-14-12-28/h3,5-8,15-16,23,30H,4,9-14H2,1-2H3/t23-/m0/s1. The Balaban J connectivity index is 1.70. The van der Waals surface area contributed by atoms with E-state index in [1.165, 1.54) is 18.1 Å². The second-order valence-corrected chi connectivity index (χ2v) is 8.83. The molecule has 1 amide bonds. The Bertz CT molecular complexity index is 1130. The summed E-state index contributed by atoms with van der Waals surface area (Å²) in [6.45, 7) is 4.22. The van der Waals surface area contributed by atoms with Crippen molar-refractivity contribution in [1.29, 1.82) is 0 Å². The van der Waals surface area contributed by atoms with Crippen molar-refractivity contribution in [3.63, 3.8) is 0 Å². The van der Waals surface area contributed by atoms with Crippen LogP contribution in [0.15, 0.2) is 48.0 Å². The molecule has 1 N–H and O–H groups in total. The lowest BCUT2D eigenvalue weighted by atomic mass is 9.95. The second-order valence-electron chi connectivity index (χ2n) is 8.43. The number of aliphatic hydroxyl groups excluding tert-OH is 1. The van der Waals surface area contributed by atoms with Gasteiger partial charge in [-0.05, 0) is 42.3 Å². The van der Waals surface area contributed by atoms with E-state index in [-0.39, 0.29) is 16.4 Å². The van der Waals surface area contributed by atoms with Crippen LogP contribution in [0.25, 0.3) is 5.76 Å². The summed E-state index contributed by atoms with van der Waals surface area (Å²) in [4.78, 5) is 30.2. The number of aliphatic hydroxyl groups is 1. The summed E-state index contributed by atoms with van der Waals surface area (Å²) < 4.78 is 16.0. The molecule has 2 heterocycles. The fourth-order valence-corrected chi connectivity index (χ4v) is 4.79. The summed E-state index contributed by atoms with van der Waals surface area (Å²) in [6.07, 6.45) is 0.682. The normalized spacial score (nSPS) is 20.3. The number of hydrogen-bond donors (Lipinski definition) is 1. The minimum Gasteiger partial charge on any atom is -0.507 e. The number of Topliss-reactive ketones (excluding diaryl/α,β-unsaturated/α-hetero) is 1. The highest BCUT2D eigenvalue weighted by atomic mass is 35.5. The van der Waals surface area contributed by atoms with Gasteiger partial charge in [0.1, 0.15) is 17.3 Å². The van der Waals surface area contributed by atoms with Gasteiger partial charge in [-0.25, -0.2) is 0 Å². The molecule has 0 saturated carbocycles. The number of methoxy groups -OCH3 is 2. The number of carbonyl (C=O) groups excluding carboxylic acids is 2. The number of morpholine rings is 1. The molecule has 2 aliphatic rings. The zero-order valence-corrected chi connectivity index (χ0v) is 20.6. The van der Waals surface area contributed by atoms with Gasteiger partial charge in [-0.1, -0.05) is 23.7 Å². The first-order chi connectivity index (χ1) is 16.9. The summed E-state index contributed by atoms with van der Waals surface area (Å²) in [5, 5.41) is 11.5. The molecule has 186 valence electrons. The van der Waals surface area contributed by atoms with Crippen molar-refractivity contribution in [2.24, 2.45) is 0 Å². The van der Waals surface area contributed by atoms with Crippen molar-refractivity contribution >= 4 is 29.1 Å². The third-order valence-corrected chi connectivity index (χ3v) is 6.65. The molecule has 1 atom stereocenters. The lowest BCUT2D eigenvalue weighted by molar-refractivity contribution is -0.140.